The van der Waals surface area contributed by atoms with Gasteiger partial charge in [0.05, 0.1) is 11.9 Å². The van der Waals surface area contributed by atoms with E-state index in [0.717, 1.165) is 33.8 Å². The fraction of sp³-hybridized carbons (Fsp3) is 0.273. The van der Waals surface area contributed by atoms with E-state index in [1.807, 2.05) is 25.1 Å². The first-order valence-corrected chi connectivity index (χ1v) is 6.17. The molecule has 0 saturated carbocycles. The van der Waals surface area contributed by atoms with E-state index < -0.39 is 0 Å². The first kappa shape index (κ1) is 11.5. The van der Waals surface area contributed by atoms with Gasteiger partial charge in [0.1, 0.15) is 9.34 Å². The third kappa shape index (κ3) is 3.27. The standard InChI is InChI=1S/C11H12ClN3S/c1-8-3-2-4-9(15-8)5-13-7-11-14-6-10(12)16-11/h2-4,6,13H,5,7H2,1H3. The van der Waals surface area contributed by atoms with Crippen LogP contribution in [0.25, 0.3) is 0 Å². The molecule has 0 spiro atoms. The van der Waals surface area contributed by atoms with Gasteiger partial charge in [-0.15, -0.1) is 11.3 Å². The molecular formula is C11H12ClN3S. The maximum absolute atomic E-state index is 5.79. The number of halogens is 1. The van der Waals surface area contributed by atoms with Crippen LogP contribution in [0.15, 0.2) is 24.4 Å². The monoisotopic (exact) mass is 253 g/mol. The number of hydrogen-bond acceptors (Lipinski definition) is 4. The van der Waals surface area contributed by atoms with Crippen LogP contribution in [0.5, 0.6) is 0 Å². The second-order valence-corrected chi connectivity index (χ2v) is 5.18. The van der Waals surface area contributed by atoms with Crippen molar-refractivity contribution in [2.45, 2.75) is 20.0 Å². The Labute approximate surface area is 104 Å². The van der Waals surface area contributed by atoms with Gasteiger partial charge in [-0.1, -0.05) is 17.7 Å². The highest BCUT2D eigenvalue weighted by Crippen LogP contribution is 2.17. The average Bonchev–Trinajstić information content (AvgIpc) is 2.64. The Morgan fingerprint density at radius 3 is 2.94 bits per heavy atom. The number of hydrogen-bond donors (Lipinski definition) is 1. The molecule has 0 aromatic carbocycles. The number of aromatic nitrogens is 2. The summed E-state index contributed by atoms with van der Waals surface area (Å²) in [5.41, 5.74) is 2.08. The minimum absolute atomic E-state index is 0.727. The molecule has 0 radical (unpaired) electrons. The maximum Gasteiger partial charge on any atom is 0.113 e. The molecule has 0 aliphatic rings. The van der Waals surface area contributed by atoms with Crippen molar-refractivity contribution < 1.29 is 0 Å². The van der Waals surface area contributed by atoms with Crippen molar-refractivity contribution in [3.05, 3.63) is 45.1 Å². The summed E-state index contributed by atoms with van der Waals surface area (Å²) in [6, 6.07) is 6.01. The summed E-state index contributed by atoms with van der Waals surface area (Å²) in [6.45, 7) is 3.47. The molecule has 0 amide bonds. The van der Waals surface area contributed by atoms with Gasteiger partial charge < -0.3 is 5.32 Å². The Morgan fingerprint density at radius 2 is 2.25 bits per heavy atom. The van der Waals surface area contributed by atoms with Crippen LogP contribution in [0.4, 0.5) is 0 Å². The molecule has 2 rings (SSSR count). The largest absolute Gasteiger partial charge is 0.305 e. The zero-order valence-electron chi connectivity index (χ0n) is 8.90. The summed E-state index contributed by atoms with van der Waals surface area (Å²) in [5.74, 6) is 0. The Bertz CT molecular complexity index is 470. The maximum atomic E-state index is 5.79. The second-order valence-electron chi connectivity index (χ2n) is 3.43. The third-order valence-electron chi connectivity index (χ3n) is 2.05. The summed E-state index contributed by atoms with van der Waals surface area (Å²) < 4.78 is 0.727. The number of nitrogens with zero attached hydrogens (tertiary/aromatic N) is 2. The van der Waals surface area contributed by atoms with Gasteiger partial charge in [-0.25, -0.2) is 4.98 Å². The molecule has 2 heterocycles. The molecule has 0 aliphatic carbocycles. The van der Waals surface area contributed by atoms with Gasteiger partial charge in [0.15, 0.2) is 0 Å². The quantitative estimate of drug-likeness (QED) is 0.911. The SMILES string of the molecule is Cc1cccc(CNCc2ncc(Cl)s2)n1. The van der Waals surface area contributed by atoms with Gasteiger partial charge in [0.2, 0.25) is 0 Å². The number of pyridine rings is 1. The number of nitrogens with one attached hydrogen (secondary N) is 1. The normalized spacial score (nSPS) is 10.6. The third-order valence-corrected chi connectivity index (χ3v) is 3.17. The molecule has 0 unspecified atom stereocenters. The lowest BCUT2D eigenvalue weighted by Gasteiger charge is -2.02. The van der Waals surface area contributed by atoms with Crippen LogP contribution in [0.1, 0.15) is 16.4 Å². The topological polar surface area (TPSA) is 37.8 Å². The molecule has 84 valence electrons. The van der Waals surface area contributed by atoms with Crippen LogP contribution in [-0.4, -0.2) is 9.97 Å². The molecule has 0 bridgehead atoms. The zero-order chi connectivity index (χ0) is 11.4. The highest BCUT2D eigenvalue weighted by Gasteiger charge is 2.00. The van der Waals surface area contributed by atoms with Crippen molar-refractivity contribution in [1.82, 2.24) is 15.3 Å². The molecular weight excluding hydrogens is 242 g/mol. The van der Waals surface area contributed by atoms with E-state index in [9.17, 15) is 0 Å². The van der Waals surface area contributed by atoms with Crippen molar-refractivity contribution >= 4 is 22.9 Å². The van der Waals surface area contributed by atoms with E-state index in [1.165, 1.54) is 11.3 Å². The Kier molecular flexibility index (Phi) is 3.88. The lowest BCUT2D eigenvalue weighted by molar-refractivity contribution is 0.675. The highest BCUT2D eigenvalue weighted by atomic mass is 35.5. The lowest BCUT2D eigenvalue weighted by atomic mass is 10.3. The highest BCUT2D eigenvalue weighted by molar-refractivity contribution is 7.15. The first-order chi connectivity index (χ1) is 7.74. The number of thiazole rings is 1. The van der Waals surface area contributed by atoms with Gasteiger partial charge in [-0.2, -0.15) is 0 Å². The minimum atomic E-state index is 0.727. The van der Waals surface area contributed by atoms with E-state index in [0.29, 0.717) is 0 Å². The fourth-order valence-electron chi connectivity index (χ4n) is 1.37. The molecule has 16 heavy (non-hydrogen) atoms. The van der Waals surface area contributed by atoms with Crippen LogP contribution in [-0.2, 0) is 13.1 Å². The van der Waals surface area contributed by atoms with Gasteiger partial charge >= 0.3 is 0 Å². The first-order valence-electron chi connectivity index (χ1n) is 4.97. The van der Waals surface area contributed by atoms with Crippen molar-refractivity contribution in [2.75, 3.05) is 0 Å². The summed E-state index contributed by atoms with van der Waals surface area (Å²) in [6.07, 6.45) is 1.67. The van der Waals surface area contributed by atoms with Crippen molar-refractivity contribution in [3.8, 4) is 0 Å². The Hall–Kier alpha value is -0.970. The van der Waals surface area contributed by atoms with Gasteiger partial charge in [0, 0.05) is 18.8 Å². The Morgan fingerprint density at radius 1 is 1.38 bits per heavy atom. The van der Waals surface area contributed by atoms with Crippen molar-refractivity contribution in [2.24, 2.45) is 0 Å². The number of rotatable bonds is 4. The molecule has 1 N–H and O–H groups in total. The molecule has 3 nitrogen and oxygen atoms in total. The predicted molar refractivity (Wildman–Crippen MR) is 66.6 cm³/mol. The molecule has 2 aromatic heterocycles. The van der Waals surface area contributed by atoms with Gasteiger partial charge in [-0.3, -0.25) is 4.98 Å². The zero-order valence-corrected chi connectivity index (χ0v) is 10.5. The molecule has 0 atom stereocenters. The van der Waals surface area contributed by atoms with E-state index >= 15 is 0 Å². The second kappa shape index (κ2) is 5.39. The van der Waals surface area contributed by atoms with Gasteiger partial charge in [-0.05, 0) is 19.1 Å². The summed E-state index contributed by atoms with van der Waals surface area (Å²) >= 11 is 7.29. The van der Waals surface area contributed by atoms with Crippen LogP contribution in [0.2, 0.25) is 4.34 Å². The Balaban J connectivity index is 1.84. The fourth-order valence-corrected chi connectivity index (χ4v) is 2.29. The molecule has 0 aliphatic heterocycles. The molecule has 0 fully saturated rings. The lowest BCUT2D eigenvalue weighted by Crippen LogP contribution is -2.13. The van der Waals surface area contributed by atoms with Crippen LogP contribution >= 0.6 is 22.9 Å². The molecule has 0 saturated heterocycles. The minimum Gasteiger partial charge on any atom is -0.305 e. The van der Waals surface area contributed by atoms with Gasteiger partial charge in [0.25, 0.3) is 0 Å². The van der Waals surface area contributed by atoms with E-state index in [4.69, 9.17) is 11.6 Å². The summed E-state index contributed by atoms with van der Waals surface area (Å²) in [5, 5.41) is 4.28. The summed E-state index contributed by atoms with van der Waals surface area (Å²) in [4.78, 5) is 8.57. The van der Waals surface area contributed by atoms with Crippen molar-refractivity contribution in [1.29, 1.82) is 0 Å². The number of aryl methyl sites for hydroxylation is 1. The smallest absolute Gasteiger partial charge is 0.113 e. The van der Waals surface area contributed by atoms with Crippen LogP contribution in [0, 0.1) is 6.92 Å². The average molecular weight is 254 g/mol. The van der Waals surface area contributed by atoms with Crippen LogP contribution < -0.4 is 5.32 Å². The van der Waals surface area contributed by atoms with Crippen molar-refractivity contribution in [3.63, 3.8) is 0 Å². The van der Waals surface area contributed by atoms with E-state index in [1.54, 1.807) is 6.20 Å². The molecule has 5 heteroatoms. The predicted octanol–water partition coefficient (Wildman–Crippen LogP) is 2.79. The summed E-state index contributed by atoms with van der Waals surface area (Å²) in [7, 11) is 0. The van der Waals surface area contributed by atoms with E-state index in [-0.39, 0.29) is 0 Å². The van der Waals surface area contributed by atoms with Crippen LogP contribution in [0.3, 0.4) is 0 Å². The molecule has 2 aromatic rings. The van der Waals surface area contributed by atoms with E-state index in [2.05, 4.69) is 15.3 Å².